The monoisotopic (exact) mass is 398 g/mol. The molecule has 1 aliphatic heterocycles. The van der Waals surface area contributed by atoms with Crippen LogP contribution in [-0.4, -0.2) is 17.5 Å². The van der Waals surface area contributed by atoms with Gasteiger partial charge in [0.2, 0.25) is 0 Å². The van der Waals surface area contributed by atoms with Crippen molar-refractivity contribution in [2.75, 3.05) is 0 Å². The molecule has 0 N–H and O–H groups in total. The van der Waals surface area contributed by atoms with Crippen LogP contribution in [0.25, 0.3) is 0 Å². The minimum absolute atomic E-state index is 0.0686. The first kappa shape index (κ1) is 20.3. The number of hydrogen-bond acceptors (Lipinski definition) is 2. The van der Waals surface area contributed by atoms with E-state index in [0.29, 0.717) is 11.2 Å². The lowest BCUT2D eigenvalue weighted by Gasteiger charge is -2.53. The van der Waals surface area contributed by atoms with Crippen LogP contribution in [0.2, 0.25) is 0 Å². The first-order chi connectivity index (χ1) is 13.7. The molecule has 0 aromatic carbocycles. The topological polar surface area (TPSA) is 29.6 Å². The van der Waals surface area contributed by atoms with Gasteiger partial charge in [-0.25, -0.2) is 0 Å². The van der Waals surface area contributed by atoms with E-state index in [1.807, 2.05) is 5.57 Å². The van der Waals surface area contributed by atoms with Crippen molar-refractivity contribution < 1.29 is 9.53 Å². The van der Waals surface area contributed by atoms with Crippen LogP contribution in [0.4, 0.5) is 0 Å². The average molecular weight is 399 g/mol. The normalized spacial score (nSPS) is 46.8. The van der Waals surface area contributed by atoms with E-state index in [2.05, 4.69) is 34.6 Å². The third-order valence-electron chi connectivity index (χ3n) is 10.5. The summed E-state index contributed by atoms with van der Waals surface area (Å²) >= 11 is 0. The first-order valence-corrected chi connectivity index (χ1v) is 12.7. The van der Waals surface area contributed by atoms with E-state index in [1.165, 1.54) is 51.4 Å². The molecule has 1 spiro atoms. The lowest BCUT2D eigenvalue weighted by atomic mass is 9.50. The highest BCUT2D eigenvalue weighted by atomic mass is 16.6. The van der Waals surface area contributed by atoms with Crippen LogP contribution >= 0.6 is 0 Å². The summed E-state index contributed by atoms with van der Waals surface area (Å²) in [5, 5.41) is 0. The van der Waals surface area contributed by atoms with Crippen molar-refractivity contribution >= 4 is 5.78 Å². The Kier molecular flexibility index (Phi) is 4.67. The fourth-order valence-corrected chi connectivity index (χ4v) is 8.73. The van der Waals surface area contributed by atoms with E-state index < -0.39 is 0 Å². The lowest BCUT2D eigenvalue weighted by molar-refractivity contribution is -0.121. The lowest BCUT2D eigenvalue weighted by Crippen LogP contribution is -2.50. The highest BCUT2D eigenvalue weighted by Crippen LogP contribution is 2.71. The summed E-state index contributed by atoms with van der Waals surface area (Å²) in [7, 11) is 0. The minimum Gasteiger partial charge on any atom is -0.357 e. The van der Waals surface area contributed by atoms with Crippen molar-refractivity contribution in [2.45, 2.75) is 117 Å². The van der Waals surface area contributed by atoms with E-state index in [1.54, 1.807) is 5.57 Å². The Hall–Kier alpha value is -0.630. The zero-order valence-electron chi connectivity index (χ0n) is 19.5. The van der Waals surface area contributed by atoms with Crippen LogP contribution in [0.5, 0.6) is 0 Å². The van der Waals surface area contributed by atoms with Crippen molar-refractivity contribution in [3.63, 3.8) is 0 Å². The zero-order valence-corrected chi connectivity index (χ0v) is 19.5. The maximum absolute atomic E-state index is 12.3. The van der Waals surface area contributed by atoms with Crippen molar-refractivity contribution in [3.05, 3.63) is 11.1 Å². The summed E-state index contributed by atoms with van der Waals surface area (Å²) in [6.45, 7) is 12.4. The van der Waals surface area contributed by atoms with Gasteiger partial charge in [-0.2, -0.15) is 0 Å². The largest absolute Gasteiger partial charge is 0.357 e. The minimum atomic E-state index is -0.114. The van der Waals surface area contributed by atoms with Crippen LogP contribution in [-0.2, 0) is 9.53 Å². The van der Waals surface area contributed by atoms with E-state index in [0.717, 1.165) is 42.9 Å². The molecule has 4 aliphatic carbocycles. The summed E-state index contributed by atoms with van der Waals surface area (Å²) in [4.78, 5) is 12.3. The van der Waals surface area contributed by atoms with Gasteiger partial charge < -0.3 is 4.74 Å². The van der Waals surface area contributed by atoms with E-state index in [4.69, 9.17) is 4.74 Å². The Balaban J connectivity index is 1.38. The number of epoxide rings is 1. The Morgan fingerprint density at radius 2 is 1.79 bits per heavy atom. The summed E-state index contributed by atoms with van der Waals surface area (Å²) in [5.74, 6) is 3.77. The number of hydrogen-bond donors (Lipinski definition) is 0. The molecule has 2 heteroatoms. The first-order valence-electron chi connectivity index (χ1n) is 12.7. The average Bonchev–Trinajstić information content (AvgIpc) is 3.31. The fraction of sp³-hybridized carbons (Fsp3) is 0.889. The molecule has 0 aromatic rings. The summed E-state index contributed by atoms with van der Waals surface area (Å²) in [6.07, 6.45) is 13.6. The summed E-state index contributed by atoms with van der Waals surface area (Å²) in [5.41, 5.74) is 4.10. The fourth-order valence-electron chi connectivity index (χ4n) is 8.73. The second-order valence-electron chi connectivity index (χ2n) is 12.2. The number of Topliss-reactive ketones (excluding diaryl/α,β-unsaturated/α-hetero) is 1. The van der Waals surface area contributed by atoms with E-state index in [-0.39, 0.29) is 17.1 Å². The SMILES string of the molecule is CC(C)CCC[C@@H](C)[C@H]1CC[C@H]2C3=C(CC[C@]12C)[C@@]1(C)CCC(=O)C2O[C@@]21CC3. The number of carbonyl (C=O) groups excluding carboxylic acids is 1. The Labute approximate surface area is 178 Å². The van der Waals surface area contributed by atoms with Gasteiger partial charge in [-0.3, -0.25) is 4.79 Å². The van der Waals surface area contributed by atoms with Gasteiger partial charge in [0.15, 0.2) is 5.78 Å². The van der Waals surface area contributed by atoms with Gasteiger partial charge in [-0.05, 0) is 74.0 Å². The maximum Gasteiger partial charge on any atom is 0.164 e. The van der Waals surface area contributed by atoms with Crippen molar-refractivity contribution in [3.8, 4) is 0 Å². The molecule has 0 bridgehead atoms. The summed E-state index contributed by atoms with van der Waals surface area (Å²) < 4.78 is 6.21. The molecular weight excluding hydrogens is 356 g/mol. The molecule has 0 radical (unpaired) electrons. The van der Waals surface area contributed by atoms with Crippen LogP contribution in [0.3, 0.4) is 0 Å². The number of fused-ring (bicyclic) bond motifs is 3. The van der Waals surface area contributed by atoms with Crippen LogP contribution in [0, 0.1) is 34.5 Å². The Morgan fingerprint density at radius 1 is 1.00 bits per heavy atom. The highest BCUT2D eigenvalue weighted by Gasteiger charge is 2.74. The molecule has 3 fully saturated rings. The molecule has 2 nitrogen and oxygen atoms in total. The molecule has 2 saturated carbocycles. The number of carbonyl (C=O) groups is 1. The van der Waals surface area contributed by atoms with E-state index >= 15 is 0 Å². The molecule has 5 rings (SSSR count). The van der Waals surface area contributed by atoms with Gasteiger partial charge in [0.25, 0.3) is 0 Å². The van der Waals surface area contributed by atoms with Gasteiger partial charge in [0.05, 0.1) is 0 Å². The standard InChI is InChI=1S/C27H42O2/c1-17(2)7-6-8-18(3)20-9-10-21-19-11-16-27-24(29-27)23(28)13-15-26(27,5)22(19)12-14-25(20,21)4/h17-18,20-21,24H,6-16H2,1-5H3/t18-,20-,21+,24?,25-,26-,27+/m1/s1. The molecule has 1 heterocycles. The van der Waals surface area contributed by atoms with E-state index in [9.17, 15) is 4.79 Å². The van der Waals surface area contributed by atoms with Crippen molar-refractivity contribution in [1.29, 1.82) is 0 Å². The van der Waals surface area contributed by atoms with Crippen LogP contribution < -0.4 is 0 Å². The molecule has 7 atom stereocenters. The number of allylic oxidation sites excluding steroid dienone is 1. The maximum atomic E-state index is 12.3. The number of rotatable bonds is 5. The molecular formula is C27H42O2. The van der Waals surface area contributed by atoms with Gasteiger partial charge in [0, 0.05) is 11.8 Å². The molecule has 162 valence electrons. The molecule has 5 aliphatic rings. The molecule has 1 saturated heterocycles. The van der Waals surface area contributed by atoms with Gasteiger partial charge >= 0.3 is 0 Å². The highest BCUT2D eigenvalue weighted by molar-refractivity contribution is 5.89. The Morgan fingerprint density at radius 3 is 2.55 bits per heavy atom. The predicted octanol–water partition coefficient (Wildman–Crippen LogP) is 6.87. The molecule has 1 unspecified atom stereocenters. The van der Waals surface area contributed by atoms with Gasteiger partial charge in [0.1, 0.15) is 11.7 Å². The second-order valence-corrected chi connectivity index (χ2v) is 12.2. The predicted molar refractivity (Wildman–Crippen MR) is 118 cm³/mol. The molecule has 29 heavy (non-hydrogen) atoms. The third-order valence-corrected chi connectivity index (χ3v) is 10.5. The van der Waals surface area contributed by atoms with Gasteiger partial charge in [-0.1, -0.05) is 65.0 Å². The quantitative estimate of drug-likeness (QED) is 0.373. The number of ether oxygens (including phenoxy) is 1. The summed E-state index contributed by atoms with van der Waals surface area (Å²) in [6, 6.07) is 0. The van der Waals surface area contributed by atoms with Crippen LogP contribution in [0.15, 0.2) is 11.1 Å². The second kappa shape index (κ2) is 6.68. The van der Waals surface area contributed by atoms with Crippen molar-refractivity contribution in [2.24, 2.45) is 34.5 Å². The smallest absolute Gasteiger partial charge is 0.164 e. The molecule has 0 aromatic heterocycles. The van der Waals surface area contributed by atoms with Crippen LogP contribution in [0.1, 0.15) is 105 Å². The van der Waals surface area contributed by atoms with Crippen molar-refractivity contribution in [1.82, 2.24) is 0 Å². The molecule has 0 amide bonds. The Bertz CT molecular complexity index is 735. The van der Waals surface area contributed by atoms with Gasteiger partial charge in [-0.15, -0.1) is 0 Å². The third kappa shape index (κ3) is 2.73. The number of ketones is 1. The zero-order chi connectivity index (χ0) is 20.6.